The van der Waals surface area contributed by atoms with Crippen LogP contribution in [0.25, 0.3) is 0 Å². The second-order valence-electron chi connectivity index (χ2n) is 8.04. The van der Waals surface area contributed by atoms with Crippen LogP contribution in [-0.2, 0) is 14.3 Å². The number of carbonyl (C=O) groups is 3. The summed E-state index contributed by atoms with van der Waals surface area (Å²) in [4.78, 5) is 35.0. The van der Waals surface area contributed by atoms with Crippen molar-refractivity contribution in [1.82, 2.24) is 16.0 Å². The molecule has 7 heteroatoms. The monoisotopic (exact) mass is 381 g/mol. The van der Waals surface area contributed by atoms with E-state index in [2.05, 4.69) is 16.0 Å². The predicted octanol–water partition coefficient (Wildman–Crippen LogP) is 2.66. The van der Waals surface area contributed by atoms with Gasteiger partial charge in [-0.05, 0) is 52.9 Å². The summed E-state index contributed by atoms with van der Waals surface area (Å²) in [6.07, 6.45) is 6.90. The van der Waals surface area contributed by atoms with Crippen molar-refractivity contribution in [2.75, 3.05) is 19.6 Å². The van der Waals surface area contributed by atoms with Crippen LogP contribution in [0.15, 0.2) is 11.6 Å². The van der Waals surface area contributed by atoms with Crippen LogP contribution in [0, 0.1) is 5.92 Å². The highest BCUT2D eigenvalue weighted by atomic mass is 16.6. The van der Waals surface area contributed by atoms with Gasteiger partial charge in [0.05, 0.1) is 0 Å². The van der Waals surface area contributed by atoms with E-state index < -0.39 is 11.7 Å². The molecule has 0 aromatic carbocycles. The van der Waals surface area contributed by atoms with E-state index in [1.54, 1.807) is 26.8 Å². The second kappa shape index (κ2) is 11.6. The molecule has 1 fully saturated rings. The van der Waals surface area contributed by atoms with Crippen molar-refractivity contribution in [2.24, 2.45) is 5.92 Å². The van der Waals surface area contributed by atoms with Crippen LogP contribution >= 0.6 is 0 Å². The van der Waals surface area contributed by atoms with Crippen molar-refractivity contribution in [3.05, 3.63) is 11.6 Å². The highest BCUT2D eigenvalue weighted by Gasteiger charge is 2.17. The average molecular weight is 382 g/mol. The molecule has 154 valence electrons. The topological polar surface area (TPSA) is 96.5 Å². The Labute approximate surface area is 162 Å². The van der Waals surface area contributed by atoms with E-state index in [9.17, 15) is 14.4 Å². The molecule has 0 saturated heterocycles. The molecule has 0 aromatic rings. The van der Waals surface area contributed by atoms with Crippen molar-refractivity contribution >= 4 is 17.9 Å². The van der Waals surface area contributed by atoms with Gasteiger partial charge in [0.2, 0.25) is 11.8 Å². The van der Waals surface area contributed by atoms with Crippen LogP contribution in [0.2, 0.25) is 0 Å². The van der Waals surface area contributed by atoms with Gasteiger partial charge < -0.3 is 20.7 Å². The van der Waals surface area contributed by atoms with Gasteiger partial charge in [-0.15, -0.1) is 0 Å². The average Bonchev–Trinajstić information content (AvgIpc) is 3.07. The van der Waals surface area contributed by atoms with Crippen LogP contribution in [0.1, 0.15) is 66.2 Å². The van der Waals surface area contributed by atoms with Crippen LogP contribution < -0.4 is 16.0 Å². The van der Waals surface area contributed by atoms with E-state index >= 15 is 0 Å². The number of ether oxygens (including phenoxy) is 1. The van der Waals surface area contributed by atoms with Crippen molar-refractivity contribution in [1.29, 1.82) is 0 Å². The maximum atomic E-state index is 11.9. The molecule has 27 heavy (non-hydrogen) atoms. The van der Waals surface area contributed by atoms with Gasteiger partial charge in [-0.2, -0.15) is 0 Å². The summed E-state index contributed by atoms with van der Waals surface area (Å²) >= 11 is 0. The predicted molar refractivity (Wildman–Crippen MR) is 105 cm³/mol. The maximum Gasteiger partial charge on any atom is 0.407 e. The highest BCUT2D eigenvalue weighted by molar-refractivity contribution is 5.88. The molecule has 1 aliphatic rings. The number of carbonyl (C=O) groups excluding carboxylic acids is 3. The summed E-state index contributed by atoms with van der Waals surface area (Å²) in [6.45, 7) is 8.60. The number of allylic oxidation sites excluding steroid dienone is 1. The Kier molecular flexibility index (Phi) is 9.89. The van der Waals surface area contributed by atoms with Crippen LogP contribution in [0.5, 0.6) is 0 Å². The van der Waals surface area contributed by atoms with E-state index in [-0.39, 0.29) is 24.8 Å². The zero-order valence-electron chi connectivity index (χ0n) is 17.2. The molecular weight excluding hydrogens is 346 g/mol. The minimum absolute atomic E-state index is 0.0627. The summed E-state index contributed by atoms with van der Waals surface area (Å²) < 4.78 is 5.09. The number of alkyl carbamates (subject to hydrolysis) is 1. The molecular formula is C20H35N3O4. The lowest BCUT2D eigenvalue weighted by molar-refractivity contribution is -0.120. The zero-order valence-corrected chi connectivity index (χ0v) is 17.2. The molecule has 1 aliphatic carbocycles. The fraction of sp³-hybridized carbons (Fsp3) is 0.750. The van der Waals surface area contributed by atoms with E-state index in [1.807, 2.05) is 6.92 Å². The Morgan fingerprint density at radius 1 is 1.00 bits per heavy atom. The first kappa shape index (κ1) is 23.0. The Balaban J connectivity index is 2.05. The van der Waals surface area contributed by atoms with Crippen LogP contribution in [0.4, 0.5) is 4.79 Å². The van der Waals surface area contributed by atoms with Gasteiger partial charge in [-0.25, -0.2) is 4.79 Å². The van der Waals surface area contributed by atoms with E-state index in [0.717, 1.165) is 5.57 Å². The van der Waals surface area contributed by atoms with Gasteiger partial charge in [-0.1, -0.05) is 18.4 Å². The lowest BCUT2D eigenvalue weighted by Crippen LogP contribution is -2.35. The second-order valence-corrected chi connectivity index (χ2v) is 8.04. The van der Waals surface area contributed by atoms with Crippen molar-refractivity contribution < 1.29 is 19.1 Å². The molecule has 0 bridgehead atoms. The van der Waals surface area contributed by atoms with E-state index in [1.165, 1.54) is 25.7 Å². The number of rotatable bonds is 9. The summed E-state index contributed by atoms with van der Waals surface area (Å²) in [6, 6.07) is 0. The summed E-state index contributed by atoms with van der Waals surface area (Å²) in [7, 11) is 0. The third-order valence-electron chi connectivity index (χ3n) is 4.35. The standard InChI is InChI=1S/C20H35N3O4/c1-15(16-8-5-6-9-16)14-18(25)22-12-7-11-21-17(24)10-13-23-19(26)27-20(2,3)4/h14,16H,5-13H2,1-4H3,(H,21,24)(H,22,25)(H,23,26)/b15-14+. The van der Waals surface area contributed by atoms with Gasteiger partial charge >= 0.3 is 6.09 Å². The molecule has 3 N–H and O–H groups in total. The Morgan fingerprint density at radius 2 is 1.63 bits per heavy atom. The van der Waals surface area contributed by atoms with Crippen LogP contribution in [-0.4, -0.2) is 43.1 Å². The number of nitrogens with one attached hydrogen (secondary N) is 3. The first-order chi connectivity index (χ1) is 12.7. The minimum atomic E-state index is -0.554. The first-order valence-corrected chi connectivity index (χ1v) is 9.87. The molecule has 1 saturated carbocycles. The molecule has 0 aromatic heterocycles. The minimum Gasteiger partial charge on any atom is -0.444 e. The molecule has 0 unspecified atom stereocenters. The van der Waals surface area contributed by atoms with Crippen molar-refractivity contribution in [3.63, 3.8) is 0 Å². The van der Waals surface area contributed by atoms with Crippen LogP contribution in [0.3, 0.4) is 0 Å². The number of hydrogen-bond acceptors (Lipinski definition) is 4. The third kappa shape index (κ3) is 11.3. The largest absolute Gasteiger partial charge is 0.444 e. The van der Waals surface area contributed by atoms with Gasteiger partial charge in [0.15, 0.2) is 0 Å². The van der Waals surface area contributed by atoms with Crippen molar-refractivity contribution in [3.8, 4) is 0 Å². The quantitative estimate of drug-likeness (QED) is 0.422. The molecule has 0 atom stereocenters. The number of hydrogen-bond donors (Lipinski definition) is 3. The maximum absolute atomic E-state index is 11.9. The molecule has 1 rings (SSSR count). The fourth-order valence-electron chi connectivity index (χ4n) is 2.97. The fourth-order valence-corrected chi connectivity index (χ4v) is 2.97. The molecule has 7 nitrogen and oxygen atoms in total. The summed E-state index contributed by atoms with van der Waals surface area (Å²) in [5.74, 6) is 0.353. The lowest BCUT2D eigenvalue weighted by Gasteiger charge is -2.19. The Bertz CT molecular complexity index is 532. The number of amides is 3. The first-order valence-electron chi connectivity index (χ1n) is 9.87. The molecule has 0 heterocycles. The molecule has 0 spiro atoms. The Morgan fingerprint density at radius 3 is 2.26 bits per heavy atom. The third-order valence-corrected chi connectivity index (χ3v) is 4.35. The molecule has 3 amide bonds. The van der Waals surface area contributed by atoms with Gasteiger partial charge in [0.1, 0.15) is 5.60 Å². The molecule has 0 aliphatic heterocycles. The lowest BCUT2D eigenvalue weighted by atomic mass is 9.99. The van der Waals surface area contributed by atoms with Gasteiger partial charge in [-0.3, -0.25) is 9.59 Å². The van der Waals surface area contributed by atoms with Crippen molar-refractivity contribution in [2.45, 2.75) is 71.8 Å². The normalized spacial score (nSPS) is 15.3. The summed E-state index contributed by atoms with van der Waals surface area (Å²) in [5, 5.41) is 8.16. The van der Waals surface area contributed by atoms with Gasteiger partial charge in [0, 0.05) is 32.1 Å². The van der Waals surface area contributed by atoms with E-state index in [4.69, 9.17) is 4.74 Å². The SMILES string of the molecule is C/C(=C\C(=O)NCCCNC(=O)CCNC(=O)OC(C)(C)C)C1CCCC1. The van der Waals surface area contributed by atoms with E-state index in [0.29, 0.717) is 25.4 Å². The molecule has 0 radical (unpaired) electrons. The zero-order chi connectivity index (χ0) is 20.3. The summed E-state index contributed by atoms with van der Waals surface area (Å²) in [5.41, 5.74) is 0.609. The highest BCUT2D eigenvalue weighted by Crippen LogP contribution is 2.30. The smallest absolute Gasteiger partial charge is 0.407 e. The Hall–Kier alpha value is -2.05. The van der Waals surface area contributed by atoms with Gasteiger partial charge in [0.25, 0.3) is 0 Å².